The van der Waals surface area contributed by atoms with E-state index < -0.39 is 0 Å². The lowest BCUT2D eigenvalue weighted by atomic mass is 10.0. The van der Waals surface area contributed by atoms with Gasteiger partial charge in [0.15, 0.2) is 0 Å². The van der Waals surface area contributed by atoms with Crippen molar-refractivity contribution in [2.24, 2.45) is 0 Å². The van der Waals surface area contributed by atoms with E-state index in [0.717, 1.165) is 18.7 Å². The standard InChI is InChI=1S/C16H23N3S/c1-5-19-13(10-12(2)18-19)11-15(17-3)14-8-6-7-9-16(14)20-4/h6-10,15,17H,5,11H2,1-4H3. The van der Waals surface area contributed by atoms with Gasteiger partial charge in [0.25, 0.3) is 0 Å². The molecule has 0 amide bonds. The van der Waals surface area contributed by atoms with E-state index in [1.807, 2.05) is 7.05 Å². The topological polar surface area (TPSA) is 29.9 Å². The minimum Gasteiger partial charge on any atom is -0.313 e. The van der Waals surface area contributed by atoms with Gasteiger partial charge in [0, 0.05) is 29.6 Å². The van der Waals surface area contributed by atoms with Crippen molar-refractivity contribution in [1.82, 2.24) is 15.1 Å². The molecule has 0 spiro atoms. The molecule has 0 saturated heterocycles. The van der Waals surface area contributed by atoms with Gasteiger partial charge in [-0.2, -0.15) is 5.10 Å². The molecule has 2 aromatic rings. The van der Waals surface area contributed by atoms with E-state index in [1.54, 1.807) is 11.8 Å². The zero-order valence-corrected chi connectivity index (χ0v) is 13.5. The van der Waals surface area contributed by atoms with Gasteiger partial charge >= 0.3 is 0 Å². The zero-order chi connectivity index (χ0) is 14.5. The van der Waals surface area contributed by atoms with Gasteiger partial charge < -0.3 is 5.32 Å². The van der Waals surface area contributed by atoms with Crippen LogP contribution in [0.25, 0.3) is 0 Å². The first-order chi connectivity index (χ1) is 9.69. The normalized spacial score (nSPS) is 12.6. The Bertz CT molecular complexity index is 563. The van der Waals surface area contributed by atoms with Crippen LogP contribution in [-0.2, 0) is 13.0 Å². The molecule has 20 heavy (non-hydrogen) atoms. The van der Waals surface area contributed by atoms with Crippen molar-refractivity contribution >= 4 is 11.8 Å². The van der Waals surface area contributed by atoms with Crippen molar-refractivity contribution in [2.45, 2.75) is 37.8 Å². The highest BCUT2D eigenvalue weighted by Crippen LogP contribution is 2.28. The van der Waals surface area contributed by atoms with Crippen LogP contribution >= 0.6 is 11.8 Å². The van der Waals surface area contributed by atoms with Gasteiger partial charge in [-0.15, -0.1) is 11.8 Å². The van der Waals surface area contributed by atoms with Gasteiger partial charge in [0.05, 0.1) is 5.69 Å². The molecule has 3 nitrogen and oxygen atoms in total. The van der Waals surface area contributed by atoms with E-state index >= 15 is 0 Å². The van der Waals surface area contributed by atoms with Crippen LogP contribution < -0.4 is 5.32 Å². The van der Waals surface area contributed by atoms with E-state index in [2.05, 4.69) is 65.5 Å². The fraction of sp³-hybridized carbons (Fsp3) is 0.438. The molecule has 0 aliphatic rings. The quantitative estimate of drug-likeness (QED) is 0.826. The largest absolute Gasteiger partial charge is 0.313 e. The van der Waals surface area contributed by atoms with Crippen LogP contribution in [0, 0.1) is 6.92 Å². The molecule has 1 aromatic carbocycles. The summed E-state index contributed by atoms with van der Waals surface area (Å²) in [4.78, 5) is 1.34. The molecule has 1 N–H and O–H groups in total. The molecule has 1 unspecified atom stereocenters. The molecule has 0 saturated carbocycles. The predicted octanol–water partition coefficient (Wildman–Crippen LogP) is 3.44. The molecule has 0 radical (unpaired) electrons. The minimum atomic E-state index is 0.319. The molecular formula is C16H23N3S. The predicted molar refractivity (Wildman–Crippen MR) is 86.4 cm³/mol. The van der Waals surface area contributed by atoms with Crippen LogP contribution in [0.5, 0.6) is 0 Å². The van der Waals surface area contributed by atoms with Gasteiger partial charge in [-0.05, 0) is 44.8 Å². The summed E-state index contributed by atoms with van der Waals surface area (Å²) < 4.78 is 2.10. The van der Waals surface area contributed by atoms with E-state index in [-0.39, 0.29) is 0 Å². The fourth-order valence-corrected chi connectivity index (χ4v) is 3.23. The Morgan fingerprint density at radius 3 is 2.75 bits per heavy atom. The highest BCUT2D eigenvalue weighted by atomic mass is 32.2. The molecule has 1 aromatic heterocycles. The smallest absolute Gasteiger partial charge is 0.0596 e. The van der Waals surface area contributed by atoms with Crippen molar-refractivity contribution in [1.29, 1.82) is 0 Å². The monoisotopic (exact) mass is 289 g/mol. The Morgan fingerprint density at radius 2 is 2.10 bits per heavy atom. The second kappa shape index (κ2) is 6.95. The molecule has 1 atom stereocenters. The van der Waals surface area contributed by atoms with Crippen molar-refractivity contribution in [3.63, 3.8) is 0 Å². The number of thioether (sulfide) groups is 1. The summed E-state index contributed by atoms with van der Waals surface area (Å²) in [5.41, 5.74) is 3.75. The van der Waals surface area contributed by atoms with Gasteiger partial charge in [0.1, 0.15) is 0 Å². The summed E-state index contributed by atoms with van der Waals surface area (Å²) in [6.07, 6.45) is 3.09. The Labute approximate surface area is 125 Å². The third-order valence-electron chi connectivity index (χ3n) is 3.56. The third-order valence-corrected chi connectivity index (χ3v) is 4.37. The van der Waals surface area contributed by atoms with Crippen molar-refractivity contribution < 1.29 is 0 Å². The Morgan fingerprint density at radius 1 is 1.35 bits per heavy atom. The molecule has 0 bridgehead atoms. The number of rotatable bonds is 6. The second-order valence-electron chi connectivity index (χ2n) is 4.88. The maximum absolute atomic E-state index is 4.54. The number of nitrogens with one attached hydrogen (secondary N) is 1. The lowest BCUT2D eigenvalue weighted by Gasteiger charge is -2.19. The molecular weight excluding hydrogens is 266 g/mol. The Hall–Kier alpha value is -1.26. The van der Waals surface area contributed by atoms with Crippen molar-refractivity contribution in [3.8, 4) is 0 Å². The number of likely N-dealkylation sites (N-methyl/N-ethyl adjacent to an activating group) is 1. The van der Waals surface area contributed by atoms with Crippen LogP contribution in [0.2, 0.25) is 0 Å². The van der Waals surface area contributed by atoms with E-state index in [1.165, 1.54) is 16.2 Å². The number of hydrogen-bond donors (Lipinski definition) is 1. The lowest BCUT2D eigenvalue weighted by Crippen LogP contribution is -2.21. The van der Waals surface area contributed by atoms with Gasteiger partial charge in [-0.3, -0.25) is 4.68 Å². The minimum absolute atomic E-state index is 0.319. The summed E-state index contributed by atoms with van der Waals surface area (Å²) in [7, 11) is 2.03. The highest BCUT2D eigenvalue weighted by Gasteiger charge is 2.16. The molecule has 2 rings (SSSR count). The number of hydrogen-bond acceptors (Lipinski definition) is 3. The first-order valence-electron chi connectivity index (χ1n) is 7.03. The average molecular weight is 289 g/mol. The van der Waals surface area contributed by atoms with E-state index in [9.17, 15) is 0 Å². The zero-order valence-electron chi connectivity index (χ0n) is 12.7. The molecule has 0 aliphatic heterocycles. The molecule has 0 fully saturated rings. The number of aromatic nitrogens is 2. The highest BCUT2D eigenvalue weighted by molar-refractivity contribution is 7.98. The summed E-state index contributed by atoms with van der Waals surface area (Å²) >= 11 is 1.80. The van der Waals surface area contributed by atoms with Gasteiger partial charge in [0.2, 0.25) is 0 Å². The second-order valence-corrected chi connectivity index (χ2v) is 5.73. The fourth-order valence-electron chi connectivity index (χ4n) is 2.57. The van der Waals surface area contributed by atoms with Crippen LogP contribution in [0.15, 0.2) is 35.2 Å². The summed E-state index contributed by atoms with van der Waals surface area (Å²) in [6.45, 7) is 5.11. The summed E-state index contributed by atoms with van der Waals surface area (Å²) in [5.74, 6) is 0. The van der Waals surface area contributed by atoms with Crippen LogP contribution in [-0.4, -0.2) is 23.1 Å². The van der Waals surface area contributed by atoms with Crippen LogP contribution in [0.1, 0.15) is 29.9 Å². The SMILES string of the molecule is CCn1nc(C)cc1CC(NC)c1ccccc1SC. The van der Waals surface area contributed by atoms with Gasteiger partial charge in [-0.1, -0.05) is 18.2 Å². The van der Waals surface area contributed by atoms with E-state index in [0.29, 0.717) is 6.04 Å². The van der Waals surface area contributed by atoms with Gasteiger partial charge in [-0.25, -0.2) is 0 Å². The third kappa shape index (κ3) is 3.25. The maximum Gasteiger partial charge on any atom is 0.0596 e. The summed E-state index contributed by atoms with van der Waals surface area (Å²) in [5, 5.41) is 7.98. The molecule has 0 aliphatic carbocycles. The molecule has 108 valence electrons. The summed E-state index contributed by atoms with van der Waals surface area (Å²) in [6, 6.07) is 11.1. The van der Waals surface area contributed by atoms with E-state index in [4.69, 9.17) is 0 Å². The van der Waals surface area contributed by atoms with Crippen molar-refractivity contribution in [2.75, 3.05) is 13.3 Å². The average Bonchev–Trinajstić information content (AvgIpc) is 2.84. The first kappa shape index (κ1) is 15.1. The molecule has 1 heterocycles. The lowest BCUT2D eigenvalue weighted by molar-refractivity contribution is 0.536. The number of aryl methyl sites for hydroxylation is 2. The maximum atomic E-state index is 4.54. The Kier molecular flexibility index (Phi) is 5.26. The number of benzene rings is 1. The first-order valence-corrected chi connectivity index (χ1v) is 8.25. The van der Waals surface area contributed by atoms with Crippen molar-refractivity contribution in [3.05, 3.63) is 47.3 Å². The number of nitrogens with zero attached hydrogens (tertiary/aromatic N) is 2. The van der Waals surface area contributed by atoms with Crippen LogP contribution in [0.3, 0.4) is 0 Å². The Balaban J connectivity index is 2.28. The van der Waals surface area contributed by atoms with Crippen LogP contribution in [0.4, 0.5) is 0 Å². The molecule has 4 heteroatoms.